The molecule has 3 aromatic rings. The van der Waals surface area contributed by atoms with Crippen LogP contribution < -0.4 is 5.32 Å². The Morgan fingerprint density at radius 1 is 0.967 bits per heavy atom. The molecule has 0 saturated heterocycles. The second kappa shape index (κ2) is 9.56. The number of halogens is 1. The number of hydrogen-bond donors (Lipinski definition) is 1. The molecule has 0 radical (unpaired) electrons. The van der Waals surface area contributed by atoms with Crippen LogP contribution >= 0.6 is 15.9 Å². The minimum Gasteiger partial charge on any atom is -0.321 e. The molecule has 0 bridgehead atoms. The van der Waals surface area contributed by atoms with Crippen LogP contribution in [0.5, 0.6) is 0 Å². The molecule has 0 unspecified atom stereocenters. The summed E-state index contributed by atoms with van der Waals surface area (Å²) >= 11 is 3.50. The predicted molar refractivity (Wildman–Crippen MR) is 126 cm³/mol. The average Bonchev–Trinajstić information content (AvgIpc) is 2.69. The number of aryl methyl sites for hydroxylation is 3. The Kier molecular flexibility index (Phi) is 6.87. The third-order valence-electron chi connectivity index (χ3n) is 4.76. The van der Waals surface area contributed by atoms with Crippen LogP contribution in [0.2, 0.25) is 0 Å². The highest BCUT2D eigenvalue weighted by atomic mass is 79.9. The number of amides is 1. The first kappa shape index (κ1) is 21.5. The number of nitrogens with zero attached hydrogens (tertiary/aromatic N) is 1. The van der Waals surface area contributed by atoms with E-state index in [2.05, 4.69) is 53.3 Å². The molecule has 0 atom stereocenters. The molecule has 0 aliphatic heterocycles. The molecule has 0 aliphatic rings. The van der Waals surface area contributed by atoms with Gasteiger partial charge in [0.05, 0.1) is 0 Å². The molecule has 0 saturated carbocycles. The van der Waals surface area contributed by atoms with E-state index in [-0.39, 0.29) is 5.57 Å². The topological polar surface area (TPSA) is 52.9 Å². The second-order valence-electron chi connectivity index (χ2n) is 7.51. The van der Waals surface area contributed by atoms with E-state index in [1.807, 2.05) is 55.5 Å². The summed E-state index contributed by atoms with van der Waals surface area (Å²) in [6.45, 7) is 6.15. The minimum absolute atomic E-state index is 0.0651. The van der Waals surface area contributed by atoms with E-state index in [0.29, 0.717) is 5.69 Å². The van der Waals surface area contributed by atoms with E-state index < -0.39 is 5.91 Å². The van der Waals surface area contributed by atoms with Gasteiger partial charge in [-0.25, -0.2) is 0 Å². The maximum absolute atomic E-state index is 12.7. The molecule has 1 N–H and O–H groups in total. The van der Waals surface area contributed by atoms with Crippen molar-refractivity contribution in [3.8, 4) is 6.07 Å². The van der Waals surface area contributed by atoms with Crippen molar-refractivity contribution in [3.63, 3.8) is 0 Å². The summed E-state index contributed by atoms with van der Waals surface area (Å²) in [6.07, 6.45) is 2.38. The van der Waals surface area contributed by atoms with Gasteiger partial charge in [0.15, 0.2) is 0 Å². The lowest BCUT2D eigenvalue weighted by Crippen LogP contribution is -2.13. The minimum atomic E-state index is -0.418. The normalized spacial score (nSPS) is 11.1. The molecular formula is C26H23BrN2O. The summed E-state index contributed by atoms with van der Waals surface area (Å²) in [7, 11) is 0. The molecule has 3 aromatic carbocycles. The van der Waals surface area contributed by atoms with Gasteiger partial charge in [0.2, 0.25) is 0 Å². The highest BCUT2D eigenvalue weighted by Crippen LogP contribution is 2.23. The molecular weight excluding hydrogens is 436 g/mol. The molecule has 0 spiro atoms. The number of nitriles is 1. The largest absolute Gasteiger partial charge is 0.321 e. The van der Waals surface area contributed by atoms with Crippen molar-refractivity contribution in [1.82, 2.24) is 0 Å². The molecule has 0 heterocycles. The van der Waals surface area contributed by atoms with Crippen LogP contribution in [0.3, 0.4) is 0 Å². The van der Waals surface area contributed by atoms with Crippen molar-refractivity contribution in [2.24, 2.45) is 0 Å². The Labute approximate surface area is 186 Å². The summed E-state index contributed by atoms with van der Waals surface area (Å²) in [6, 6.07) is 22.0. The lowest BCUT2D eigenvalue weighted by Gasteiger charge is -2.10. The summed E-state index contributed by atoms with van der Waals surface area (Å²) in [4.78, 5) is 12.7. The maximum Gasteiger partial charge on any atom is 0.266 e. The zero-order chi connectivity index (χ0) is 21.7. The molecule has 3 nitrogen and oxygen atoms in total. The van der Waals surface area contributed by atoms with E-state index in [1.54, 1.807) is 6.08 Å². The second-order valence-corrected chi connectivity index (χ2v) is 8.42. The van der Waals surface area contributed by atoms with Crippen molar-refractivity contribution in [1.29, 1.82) is 5.26 Å². The zero-order valence-corrected chi connectivity index (χ0v) is 18.9. The van der Waals surface area contributed by atoms with Gasteiger partial charge in [0, 0.05) is 10.2 Å². The molecule has 0 fully saturated rings. The SMILES string of the molecule is Cc1ccc(NC(=O)/C(C#N)=C/c2cc(Br)ccc2Cc2cc(C)cc(C)c2)cc1. The summed E-state index contributed by atoms with van der Waals surface area (Å²) in [5.74, 6) is -0.418. The first-order chi connectivity index (χ1) is 14.3. The van der Waals surface area contributed by atoms with Crippen molar-refractivity contribution in [3.05, 3.63) is 104 Å². The highest BCUT2D eigenvalue weighted by Gasteiger charge is 2.12. The first-order valence-electron chi connectivity index (χ1n) is 9.69. The third-order valence-corrected chi connectivity index (χ3v) is 5.25. The lowest BCUT2D eigenvalue weighted by molar-refractivity contribution is -0.112. The quantitative estimate of drug-likeness (QED) is 0.349. The van der Waals surface area contributed by atoms with Gasteiger partial charge in [0.25, 0.3) is 5.91 Å². The van der Waals surface area contributed by atoms with Crippen molar-refractivity contribution < 1.29 is 4.79 Å². The van der Waals surface area contributed by atoms with Crippen molar-refractivity contribution >= 4 is 33.6 Å². The number of nitrogens with one attached hydrogen (secondary N) is 1. The van der Waals surface area contributed by atoms with Crippen LogP contribution in [0.15, 0.2) is 70.7 Å². The Morgan fingerprint density at radius 3 is 2.27 bits per heavy atom. The monoisotopic (exact) mass is 458 g/mol. The van der Waals surface area contributed by atoms with Crippen LogP contribution in [-0.2, 0) is 11.2 Å². The van der Waals surface area contributed by atoms with Gasteiger partial charge in [-0.3, -0.25) is 4.79 Å². The number of carbonyl (C=O) groups is 1. The predicted octanol–water partition coefficient (Wildman–Crippen LogP) is 6.51. The fourth-order valence-corrected chi connectivity index (χ4v) is 3.77. The summed E-state index contributed by atoms with van der Waals surface area (Å²) < 4.78 is 0.897. The fraction of sp³-hybridized carbons (Fsp3) is 0.154. The van der Waals surface area contributed by atoms with E-state index in [4.69, 9.17) is 0 Å². The number of anilines is 1. The fourth-order valence-electron chi connectivity index (χ4n) is 3.39. The van der Waals surface area contributed by atoms with Gasteiger partial charge >= 0.3 is 0 Å². The summed E-state index contributed by atoms with van der Waals surface area (Å²) in [5.41, 5.74) is 7.37. The van der Waals surface area contributed by atoms with E-state index >= 15 is 0 Å². The Balaban J connectivity index is 1.91. The van der Waals surface area contributed by atoms with Crippen LogP contribution in [-0.4, -0.2) is 5.91 Å². The van der Waals surface area contributed by atoms with Crippen LogP contribution in [0.1, 0.15) is 33.4 Å². The zero-order valence-electron chi connectivity index (χ0n) is 17.3. The number of benzene rings is 3. The Hall–Kier alpha value is -3.16. The third kappa shape index (κ3) is 5.68. The standard InChI is InChI=1S/C26H23BrN2O/c1-17-4-8-25(9-5-17)29-26(30)23(16-28)14-22-15-24(27)7-6-21(22)13-20-11-18(2)10-19(3)12-20/h4-12,14-15H,13H2,1-3H3,(H,29,30)/b23-14+. The van der Waals surface area contributed by atoms with Crippen LogP contribution in [0, 0.1) is 32.1 Å². The van der Waals surface area contributed by atoms with Crippen LogP contribution in [0.25, 0.3) is 6.08 Å². The number of rotatable bonds is 5. The van der Waals surface area contributed by atoms with Crippen LogP contribution in [0.4, 0.5) is 5.69 Å². The number of carbonyl (C=O) groups excluding carboxylic acids is 1. The maximum atomic E-state index is 12.7. The van der Waals surface area contributed by atoms with E-state index in [9.17, 15) is 10.1 Å². The molecule has 30 heavy (non-hydrogen) atoms. The lowest BCUT2D eigenvalue weighted by atomic mass is 9.96. The van der Waals surface area contributed by atoms with Gasteiger partial charge in [0.1, 0.15) is 11.6 Å². The Bertz CT molecular complexity index is 1130. The van der Waals surface area contributed by atoms with Crippen molar-refractivity contribution in [2.45, 2.75) is 27.2 Å². The van der Waals surface area contributed by atoms with E-state index in [0.717, 1.165) is 27.6 Å². The van der Waals surface area contributed by atoms with E-state index in [1.165, 1.54) is 16.7 Å². The first-order valence-corrected chi connectivity index (χ1v) is 10.5. The Morgan fingerprint density at radius 2 is 1.63 bits per heavy atom. The molecule has 4 heteroatoms. The average molecular weight is 459 g/mol. The molecule has 1 amide bonds. The molecule has 3 rings (SSSR count). The molecule has 0 aliphatic carbocycles. The van der Waals surface area contributed by atoms with Gasteiger partial charge in [-0.05, 0) is 74.2 Å². The van der Waals surface area contributed by atoms with Gasteiger partial charge in [-0.2, -0.15) is 5.26 Å². The molecule has 0 aromatic heterocycles. The highest BCUT2D eigenvalue weighted by molar-refractivity contribution is 9.10. The van der Waals surface area contributed by atoms with Crippen molar-refractivity contribution in [2.75, 3.05) is 5.32 Å². The summed E-state index contributed by atoms with van der Waals surface area (Å²) in [5, 5.41) is 12.4. The molecule has 150 valence electrons. The van der Waals surface area contributed by atoms with Gasteiger partial charge in [-0.1, -0.05) is 69.0 Å². The smallest absolute Gasteiger partial charge is 0.266 e. The van der Waals surface area contributed by atoms with Gasteiger partial charge < -0.3 is 5.32 Å². The number of hydrogen-bond acceptors (Lipinski definition) is 2. The van der Waals surface area contributed by atoms with Gasteiger partial charge in [-0.15, -0.1) is 0 Å².